The molecular formula is C28H40O4. The number of allylic oxidation sites excluding steroid dienone is 2. The van der Waals surface area contributed by atoms with Crippen molar-refractivity contribution in [3.05, 3.63) is 59.2 Å². The number of carbonyl (C=O) groups is 1. The molecule has 4 atom stereocenters. The van der Waals surface area contributed by atoms with E-state index in [0.29, 0.717) is 24.0 Å². The van der Waals surface area contributed by atoms with Crippen LogP contribution in [0.2, 0.25) is 0 Å². The van der Waals surface area contributed by atoms with Gasteiger partial charge in [-0.1, -0.05) is 77.5 Å². The summed E-state index contributed by atoms with van der Waals surface area (Å²) in [4.78, 5) is 12.0. The third kappa shape index (κ3) is 6.11. The number of rotatable bonds is 7. The first kappa shape index (κ1) is 24.7. The molecule has 3 rings (SSSR count). The molecule has 0 N–H and O–H groups in total. The third-order valence-corrected chi connectivity index (χ3v) is 6.64. The molecule has 4 heteroatoms. The van der Waals surface area contributed by atoms with Crippen molar-refractivity contribution in [3.8, 4) is 0 Å². The fraction of sp³-hybridized carbons (Fsp3) is 0.607. The normalized spacial score (nSPS) is 24.4. The summed E-state index contributed by atoms with van der Waals surface area (Å²) < 4.78 is 17.2. The second kappa shape index (κ2) is 9.93. The Balaban J connectivity index is 1.47. The summed E-state index contributed by atoms with van der Waals surface area (Å²) >= 11 is 0. The molecular weight excluding hydrogens is 400 g/mol. The van der Waals surface area contributed by atoms with Crippen LogP contribution in [0.1, 0.15) is 71.7 Å². The smallest absolute Gasteiger partial charge is 0.338 e. The van der Waals surface area contributed by atoms with E-state index in [0.717, 1.165) is 12.8 Å². The molecule has 0 bridgehead atoms. The Bertz CT molecular complexity index is 838. The van der Waals surface area contributed by atoms with Crippen molar-refractivity contribution < 1.29 is 19.0 Å². The van der Waals surface area contributed by atoms with E-state index >= 15 is 0 Å². The van der Waals surface area contributed by atoms with Crippen molar-refractivity contribution >= 4 is 5.97 Å². The molecule has 0 saturated heterocycles. The number of hydrogen-bond donors (Lipinski definition) is 0. The first-order valence-electron chi connectivity index (χ1n) is 11.9. The molecule has 32 heavy (non-hydrogen) atoms. The lowest BCUT2D eigenvalue weighted by Gasteiger charge is -2.41. The lowest BCUT2D eigenvalue weighted by atomic mass is 9.64. The van der Waals surface area contributed by atoms with E-state index in [4.69, 9.17) is 14.2 Å². The monoisotopic (exact) mass is 440 g/mol. The number of benzene rings is 1. The Morgan fingerprint density at radius 1 is 1.00 bits per heavy atom. The van der Waals surface area contributed by atoms with Crippen LogP contribution >= 0.6 is 0 Å². The van der Waals surface area contributed by atoms with Gasteiger partial charge in [-0.15, -0.1) is 0 Å². The van der Waals surface area contributed by atoms with E-state index in [1.54, 1.807) is 17.7 Å². The Morgan fingerprint density at radius 3 is 2.31 bits per heavy atom. The average Bonchev–Trinajstić information content (AvgIpc) is 3.11. The van der Waals surface area contributed by atoms with Crippen molar-refractivity contribution in [1.82, 2.24) is 0 Å². The summed E-state index contributed by atoms with van der Waals surface area (Å²) in [5.74, 6) is 0.882. The minimum Gasteiger partial charge on any atom is -0.460 e. The summed E-state index contributed by atoms with van der Waals surface area (Å²) in [5, 5.41) is 0. The molecule has 0 radical (unpaired) electrons. The molecule has 0 fully saturated rings. The first-order valence-corrected chi connectivity index (χ1v) is 11.9. The zero-order valence-electron chi connectivity index (χ0n) is 20.8. The van der Waals surface area contributed by atoms with E-state index in [9.17, 15) is 4.79 Å². The van der Waals surface area contributed by atoms with E-state index < -0.39 is 0 Å². The quantitative estimate of drug-likeness (QED) is 0.273. The highest BCUT2D eigenvalue weighted by Crippen LogP contribution is 2.55. The highest BCUT2D eigenvalue weighted by atomic mass is 16.7. The molecule has 2 aliphatic rings. The van der Waals surface area contributed by atoms with Crippen molar-refractivity contribution in [2.24, 2.45) is 22.7 Å². The zero-order chi connectivity index (χ0) is 23.5. The van der Waals surface area contributed by atoms with Crippen molar-refractivity contribution in [3.63, 3.8) is 0 Å². The average molecular weight is 441 g/mol. The lowest BCUT2D eigenvalue weighted by Crippen LogP contribution is -2.34. The number of hydrogen-bond acceptors (Lipinski definition) is 4. The van der Waals surface area contributed by atoms with Gasteiger partial charge in [-0.25, -0.2) is 4.79 Å². The minimum atomic E-state index is -0.361. The second-order valence-electron chi connectivity index (χ2n) is 11.3. The molecule has 0 spiro atoms. The molecule has 0 amide bonds. The van der Waals surface area contributed by atoms with Gasteiger partial charge >= 0.3 is 5.97 Å². The van der Waals surface area contributed by atoms with Gasteiger partial charge in [-0.3, -0.25) is 0 Å². The third-order valence-electron chi connectivity index (χ3n) is 6.64. The predicted molar refractivity (Wildman–Crippen MR) is 128 cm³/mol. The van der Waals surface area contributed by atoms with Crippen LogP contribution in [-0.2, 0) is 14.2 Å². The summed E-state index contributed by atoms with van der Waals surface area (Å²) in [6.07, 6.45) is 6.24. The van der Waals surface area contributed by atoms with Crippen molar-refractivity contribution in [2.45, 2.75) is 73.7 Å². The van der Waals surface area contributed by atoms with Crippen LogP contribution in [0, 0.1) is 22.7 Å². The minimum absolute atomic E-state index is 0.0231. The van der Waals surface area contributed by atoms with Gasteiger partial charge in [0.05, 0.1) is 18.3 Å². The molecule has 1 aromatic rings. The Kier molecular flexibility index (Phi) is 7.67. The van der Waals surface area contributed by atoms with Gasteiger partial charge < -0.3 is 14.2 Å². The van der Waals surface area contributed by atoms with Crippen LogP contribution < -0.4 is 0 Å². The molecule has 4 nitrogen and oxygen atoms in total. The predicted octanol–water partition coefficient (Wildman–Crippen LogP) is 6.58. The van der Waals surface area contributed by atoms with E-state index in [1.165, 1.54) is 5.57 Å². The first-order chi connectivity index (χ1) is 15.0. The summed E-state index contributed by atoms with van der Waals surface area (Å²) in [5.41, 5.74) is 4.13. The molecule has 0 saturated carbocycles. The fourth-order valence-corrected chi connectivity index (χ4v) is 5.14. The van der Waals surface area contributed by atoms with E-state index in [1.807, 2.05) is 25.1 Å². The number of ether oxygens (including phenoxy) is 3. The molecule has 176 valence electrons. The Labute approximate surface area is 194 Å². The Hall–Kier alpha value is -1.91. The van der Waals surface area contributed by atoms with Crippen LogP contribution in [0.15, 0.2) is 53.6 Å². The maximum Gasteiger partial charge on any atom is 0.338 e. The topological polar surface area (TPSA) is 44.8 Å². The maximum absolute atomic E-state index is 12.0. The van der Waals surface area contributed by atoms with Crippen molar-refractivity contribution in [2.75, 3.05) is 13.2 Å². The van der Waals surface area contributed by atoms with Gasteiger partial charge in [-0.05, 0) is 60.1 Å². The largest absolute Gasteiger partial charge is 0.460 e. The van der Waals surface area contributed by atoms with Crippen LogP contribution in [0.3, 0.4) is 0 Å². The molecule has 4 unspecified atom stereocenters. The van der Waals surface area contributed by atoms with Crippen LogP contribution in [-0.4, -0.2) is 31.6 Å². The summed E-state index contributed by atoms with van der Waals surface area (Å²) in [6, 6.07) is 8.99. The standard InChI is InChI=1S/C28H40O4/c1-19(30-15-16-31-26(29)20-11-9-8-10-12-20)32-22-13-14-23-21(17-22)18-24(27(2,3)4)25(23)28(5,6)7/h8-14,19,22,24-25H,15-18H2,1-7H3. The zero-order valence-corrected chi connectivity index (χ0v) is 20.8. The second-order valence-corrected chi connectivity index (χ2v) is 11.3. The Morgan fingerprint density at radius 2 is 1.69 bits per heavy atom. The highest BCUT2D eigenvalue weighted by Gasteiger charge is 2.46. The molecule has 0 heterocycles. The summed E-state index contributed by atoms with van der Waals surface area (Å²) in [6.45, 7) is 16.6. The van der Waals surface area contributed by atoms with E-state index in [-0.39, 0.29) is 35.8 Å². The fourth-order valence-electron chi connectivity index (χ4n) is 5.14. The van der Waals surface area contributed by atoms with Gasteiger partial charge in [0.1, 0.15) is 6.61 Å². The lowest BCUT2D eigenvalue weighted by molar-refractivity contribution is -0.153. The maximum atomic E-state index is 12.0. The van der Waals surface area contributed by atoms with Crippen molar-refractivity contribution in [1.29, 1.82) is 0 Å². The number of carbonyl (C=O) groups excluding carboxylic acids is 1. The van der Waals surface area contributed by atoms with Gasteiger partial charge in [0.15, 0.2) is 6.29 Å². The molecule has 2 aliphatic carbocycles. The van der Waals surface area contributed by atoms with Gasteiger partial charge in [0, 0.05) is 0 Å². The highest BCUT2D eigenvalue weighted by molar-refractivity contribution is 5.89. The van der Waals surface area contributed by atoms with Crippen LogP contribution in [0.4, 0.5) is 0 Å². The summed E-state index contributed by atoms with van der Waals surface area (Å²) in [7, 11) is 0. The number of esters is 1. The van der Waals surface area contributed by atoms with Gasteiger partial charge in [-0.2, -0.15) is 0 Å². The van der Waals surface area contributed by atoms with Crippen LogP contribution in [0.5, 0.6) is 0 Å². The van der Waals surface area contributed by atoms with Gasteiger partial charge in [0.25, 0.3) is 0 Å². The molecule has 0 aromatic heterocycles. The van der Waals surface area contributed by atoms with Crippen LogP contribution in [0.25, 0.3) is 0 Å². The van der Waals surface area contributed by atoms with Gasteiger partial charge in [0.2, 0.25) is 0 Å². The SMILES string of the molecule is CC(OCCOC(=O)c1ccccc1)OC1C=CC2=C(C1)CC(C(C)(C)C)C2C(C)(C)C. The molecule has 0 aliphatic heterocycles. The molecule has 1 aromatic carbocycles. The van der Waals surface area contributed by atoms with E-state index in [2.05, 4.69) is 53.7 Å².